The lowest BCUT2D eigenvalue weighted by Gasteiger charge is -2.15. The molecule has 94 valence electrons. The lowest BCUT2D eigenvalue weighted by atomic mass is 10.00. The Morgan fingerprint density at radius 2 is 2.24 bits per heavy atom. The van der Waals surface area contributed by atoms with E-state index in [-0.39, 0.29) is 0 Å². The molecule has 1 heterocycles. The minimum atomic E-state index is -0.435. The first-order chi connectivity index (χ1) is 7.99. The van der Waals surface area contributed by atoms with Crippen LogP contribution in [0.4, 0.5) is 10.5 Å². The average molecular weight is 301 g/mol. The van der Waals surface area contributed by atoms with Crippen LogP contribution in [0.1, 0.15) is 20.8 Å². The number of amides is 1. The molecule has 1 amide bonds. The standard InChI is InChI=1S/C12H17BrN2O2/c1-8(2)9(3)7-17-12(16)15-10-4-5-14-11(13)6-10/h4-6,8-9H,7H2,1-3H3,(H,14,15,16)/t9-/m1/s1. The minimum Gasteiger partial charge on any atom is -0.449 e. The van der Waals surface area contributed by atoms with Crippen molar-refractivity contribution in [2.45, 2.75) is 20.8 Å². The molecular formula is C12H17BrN2O2. The van der Waals surface area contributed by atoms with Crippen molar-refractivity contribution in [3.8, 4) is 0 Å². The van der Waals surface area contributed by atoms with Gasteiger partial charge in [-0.05, 0) is 39.9 Å². The van der Waals surface area contributed by atoms with E-state index in [0.29, 0.717) is 28.7 Å². The maximum atomic E-state index is 11.5. The number of carbonyl (C=O) groups is 1. The summed E-state index contributed by atoms with van der Waals surface area (Å²) in [5.41, 5.74) is 0.661. The quantitative estimate of drug-likeness (QED) is 0.863. The summed E-state index contributed by atoms with van der Waals surface area (Å²) in [5, 5.41) is 2.65. The zero-order valence-corrected chi connectivity index (χ0v) is 11.8. The molecule has 1 N–H and O–H groups in total. The normalized spacial score (nSPS) is 12.3. The Balaban J connectivity index is 2.40. The summed E-state index contributed by atoms with van der Waals surface area (Å²) in [6.45, 7) is 6.69. The molecule has 1 rings (SSSR count). The summed E-state index contributed by atoms with van der Waals surface area (Å²) in [5.74, 6) is 0.850. The van der Waals surface area contributed by atoms with E-state index >= 15 is 0 Å². The van der Waals surface area contributed by atoms with Crippen molar-refractivity contribution in [2.75, 3.05) is 11.9 Å². The van der Waals surface area contributed by atoms with Crippen LogP contribution in [0.25, 0.3) is 0 Å². The summed E-state index contributed by atoms with van der Waals surface area (Å²) in [6.07, 6.45) is 1.17. The second-order valence-electron chi connectivity index (χ2n) is 4.31. The van der Waals surface area contributed by atoms with Gasteiger partial charge in [-0.3, -0.25) is 5.32 Å². The van der Waals surface area contributed by atoms with Gasteiger partial charge >= 0.3 is 6.09 Å². The third-order valence-corrected chi connectivity index (χ3v) is 3.02. The van der Waals surface area contributed by atoms with E-state index in [9.17, 15) is 4.79 Å². The van der Waals surface area contributed by atoms with Crippen LogP contribution in [0, 0.1) is 11.8 Å². The van der Waals surface area contributed by atoms with Crippen LogP contribution in [-0.2, 0) is 4.74 Å². The molecule has 1 aromatic rings. The van der Waals surface area contributed by atoms with Gasteiger partial charge in [0.2, 0.25) is 0 Å². The molecule has 0 aromatic carbocycles. The van der Waals surface area contributed by atoms with Gasteiger partial charge in [-0.2, -0.15) is 0 Å². The van der Waals surface area contributed by atoms with E-state index in [1.165, 1.54) is 0 Å². The number of hydrogen-bond donors (Lipinski definition) is 1. The Kier molecular flexibility index (Phi) is 5.41. The summed E-state index contributed by atoms with van der Waals surface area (Å²) in [6, 6.07) is 3.42. The number of pyridine rings is 1. The molecule has 0 bridgehead atoms. The first-order valence-electron chi connectivity index (χ1n) is 5.54. The molecule has 0 aliphatic rings. The van der Waals surface area contributed by atoms with Gasteiger partial charge in [-0.1, -0.05) is 20.8 Å². The van der Waals surface area contributed by atoms with Crippen LogP contribution in [0.15, 0.2) is 22.9 Å². The fourth-order valence-corrected chi connectivity index (χ4v) is 1.40. The van der Waals surface area contributed by atoms with Gasteiger partial charge < -0.3 is 4.74 Å². The number of carbonyl (C=O) groups excluding carboxylic acids is 1. The number of nitrogens with one attached hydrogen (secondary N) is 1. The van der Waals surface area contributed by atoms with E-state index in [2.05, 4.69) is 47.0 Å². The van der Waals surface area contributed by atoms with Gasteiger partial charge in [0.1, 0.15) is 4.60 Å². The Labute approximate surface area is 110 Å². The highest BCUT2D eigenvalue weighted by atomic mass is 79.9. The monoisotopic (exact) mass is 300 g/mol. The Morgan fingerprint density at radius 1 is 1.53 bits per heavy atom. The van der Waals surface area contributed by atoms with Crippen LogP contribution in [0.3, 0.4) is 0 Å². The van der Waals surface area contributed by atoms with Gasteiger partial charge in [0.15, 0.2) is 0 Å². The molecule has 0 unspecified atom stereocenters. The van der Waals surface area contributed by atoms with Crippen LogP contribution >= 0.6 is 15.9 Å². The van der Waals surface area contributed by atoms with Gasteiger partial charge in [-0.15, -0.1) is 0 Å². The molecule has 0 aliphatic carbocycles. The third kappa shape index (κ3) is 5.17. The number of hydrogen-bond acceptors (Lipinski definition) is 3. The molecule has 0 aliphatic heterocycles. The van der Waals surface area contributed by atoms with E-state index < -0.39 is 6.09 Å². The molecule has 1 atom stereocenters. The first-order valence-corrected chi connectivity index (χ1v) is 6.33. The number of rotatable bonds is 4. The number of anilines is 1. The molecule has 5 heteroatoms. The summed E-state index contributed by atoms with van der Waals surface area (Å²) >= 11 is 3.23. The smallest absolute Gasteiger partial charge is 0.411 e. The molecule has 0 spiro atoms. The van der Waals surface area contributed by atoms with Crippen molar-refractivity contribution in [3.05, 3.63) is 22.9 Å². The average Bonchev–Trinajstić information content (AvgIpc) is 2.25. The fourth-order valence-electron chi connectivity index (χ4n) is 1.03. The topological polar surface area (TPSA) is 51.2 Å². The highest BCUT2D eigenvalue weighted by Gasteiger charge is 2.10. The number of nitrogens with zero attached hydrogens (tertiary/aromatic N) is 1. The van der Waals surface area contributed by atoms with Gasteiger partial charge in [0.25, 0.3) is 0 Å². The molecule has 1 aromatic heterocycles. The molecule has 17 heavy (non-hydrogen) atoms. The van der Waals surface area contributed by atoms with Gasteiger partial charge in [-0.25, -0.2) is 9.78 Å². The molecule has 0 saturated heterocycles. The maximum Gasteiger partial charge on any atom is 0.411 e. The molecule has 4 nitrogen and oxygen atoms in total. The zero-order chi connectivity index (χ0) is 12.8. The Morgan fingerprint density at radius 3 is 2.82 bits per heavy atom. The molecule has 0 saturated carbocycles. The van der Waals surface area contributed by atoms with Crippen molar-refractivity contribution in [3.63, 3.8) is 0 Å². The zero-order valence-electron chi connectivity index (χ0n) is 10.2. The molecular weight excluding hydrogens is 284 g/mol. The van der Waals surface area contributed by atoms with Crippen molar-refractivity contribution < 1.29 is 9.53 Å². The first kappa shape index (κ1) is 14.0. The Hall–Kier alpha value is -1.10. The summed E-state index contributed by atoms with van der Waals surface area (Å²) < 4.78 is 5.80. The summed E-state index contributed by atoms with van der Waals surface area (Å²) in [4.78, 5) is 15.5. The number of ether oxygens (including phenoxy) is 1. The van der Waals surface area contributed by atoms with E-state index in [4.69, 9.17) is 4.74 Å². The minimum absolute atomic E-state index is 0.352. The highest BCUT2D eigenvalue weighted by Crippen LogP contribution is 2.14. The Bertz CT molecular complexity index is 383. The highest BCUT2D eigenvalue weighted by molar-refractivity contribution is 9.10. The second kappa shape index (κ2) is 6.59. The van der Waals surface area contributed by atoms with Crippen LogP contribution in [0.2, 0.25) is 0 Å². The van der Waals surface area contributed by atoms with Crippen LogP contribution in [-0.4, -0.2) is 17.7 Å². The lowest BCUT2D eigenvalue weighted by molar-refractivity contribution is 0.133. The number of halogens is 1. The number of aromatic nitrogens is 1. The largest absolute Gasteiger partial charge is 0.449 e. The van der Waals surface area contributed by atoms with Crippen LogP contribution in [0.5, 0.6) is 0 Å². The van der Waals surface area contributed by atoms with Gasteiger partial charge in [0, 0.05) is 11.9 Å². The lowest BCUT2D eigenvalue weighted by Crippen LogP contribution is -2.20. The van der Waals surface area contributed by atoms with Crippen molar-refractivity contribution in [2.24, 2.45) is 11.8 Å². The predicted molar refractivity (Wildman–Crippen MR) is 70.9 cm³/mol. The SMILES string of the molecule is CC(C)[C@H](C)COC(=O)Nc1ccnc(Br)c1. The fraction of sp³-hybridized carbons (Fsp3) is 0.500. The van der Waals surface area contributed by atoms with E-state index in [0.717, 1.165) is 0 Å². The summed E-state index contributed by atoms with van der Waals surface area (Å²) in [7, 11) is 0. The van der Waals surface area contributed by atoms with Crippen LogP contribution < -0.4 is 5.32 Å². The third-order valence-electron chi connectivity index (χ3n) is 2.59. The van der Waals surface area contributed by atoms with Crippen molar-refractivity contribution in [1.82, 2.24) is 4.98 Å². The second-order valence-corrected chi connectivity index (χ2v) is 5.12. The van der Waals surface area contributed by atoms with E-state index in [1.807, 2.05) is 0 Å². The molecule has 0 fully saturated rings. The molecule has 0 radical (unpaired) electrons. The maximum absolute atomic E-state index is 11.5. The van der Waals surface area contributed by atoms with E-state index in [1.54, 1.807) is 18.3 Å². The van der Waals surface area contributed by atoms with Gasteiger partial charge in [0.05, 0.1) is 6.61 Å². The van der Waals surface area contributed by atoms with Crippen molar-refractivity contribution >= 4 is 27.7 Å². The van der Waals surface area contributed by atoms with Crippen molar-refractivity contribution in [1.29, 1.82) is 0 Å². The predicted octanol–water partition coefficient (Wildman–Crippen LogP) is 3.68.